The molecule has 16 heavy (non-hydrogen) atoms. The van der Waals surface area contributed by atoms with E-state index in [1.165, 1.54) is 0 Å². The van der Waals surface area contributed by atoms with Crippen molar-refractivity contribution in [2.45, 2.75) is 6.10 Å². The number of hydrogen-bond acceptors (Lipinski definition) is 1. The monoisotopic (exact) mass is 296 g/mol. The first kappa shape index (κ1) is 11.6. The van der Waals surface area contributed by atoms with Crippen LogP contribution in [0.25, 0.3) is 0 Å². The van der Waals surface area contributed by atoms with Gasteiger partial charge >= 0.3 is 0 Å². The van der Waals surface area contributed by atoms with E-state index in [0.29, 0.717) is 5.02 Å². The number of rotatable bonds is 2. The van der Waals surface area contributed by atoms with Gasteiger partial charge in [-0.1, -0.05) is 51.8 Å². The fourth-order valence-corrected chi connectivity index (χ4v) is 1.98. The Balaban J connectivity index is 2.31. The Bertz CT molecular complexity index is 482. The molecule has 0 saturated carbocycles. The van der Waals surface area contributed by atoms with Gasteiger partial charge in [-0.25, -0.2) is 0 Å². The molecule has 3 heteroatoms. The lowest BCUT2D eigenvalue weighted by atomic mass is 10.0. The molecule has 0 fully saturated rings. The van der Waals surface area contributed by atoms with Gasteiger partial charge in [0.25, 0.3) is 0 Å². The van der Waals surface area contributed by atoms with Gasteiger partial charge < -0.3 is 5.11 Å². The summed E-state index contributed by atoms with van der Waals surface area (Å²) in [5, 5.41) is 10.8. The molecule has 82 valence electrons. The van der Waals surface area contributed by atoms with Crippen LogP contribution >= 0.6 is 27.5 Å². The van der Waals surface area contributed by atoms with E-state index >= 15 is 0 Å². The summed E-state index contributed by atoms with van der Waals surface area (Å²) in [7, 11) is 0. The van der Waals surface area contributed by atoms with Gasteiger partial charge in [0.05, 0.1) is 0 Å². The van der Waals surface area contributed by atoms with Crippen LogP contribution < -0.4 is 0 Å². The van der Waals surface area contributed by atoms with Gasteiger partial charge in [-0.2, -0.15) is 0 Å². The smallest absolute Gasteiger partial charge is 0.104 e. The SMILES string of the molecule is OC(c1ccc(Br)cc1)c1cccc(Cl)c1. The molecule has 0 saturated heterocycles. The highest BCUT2D eigenvalue weighted by molar-refractivity contribution is 9.10. The van der Waals surface area contributed by atoms with Crippen molar-refractivity contribution in [3.05, 3.63) is 69.2 Å². The van der Waals surface area contributed by atoms with Gasteiger partial charge in [0, 0.05) is 9.50 Å². The molecule has 0 amide bonds. The van der Waals surface area contributed by atoms with E-state index in [9.17, 15) is 5.11 Å². The maximum atomic E-state index is 10.1. The molecule has 2 aromatic rings. The molecular weight excluding hydrogens is 287 g/mol. The molecule has 0 aliphatic rings. The average Bonchev–Trinajstić information content (AvgIpc) is 2.29. The van der Waals surface area contributed by atoms with Crippen LogP contribution in [0.4, 0.5) is 0 Å². The van der Waals surface area contributed by atoms with Crippen molar-refractivity contribution in [2.24, 2.45) is 0 Å². The fraction of sp³-hybridized carbons (Fsp3) is 0.0769. The standard InChI is InChI=1S/C13H10BrClO/c14-11-6-4-9(5-7-11)13(16)10-2-1-3-12(15)8-10/h1-8,13,16H. The second-order valence-corrected chi connectivity index (χ2v) is 4.86. The Morgan fingerprint density at radius 3 is 2.31 bits per heavy atom. The van der Waals surface area contributed by atoms with Crippen LogP contribution in [-0.2, 0) is 0 Å². The maximum Gasteiger partial charge on any atom is 0.104 e. The van der Waals surface area contributed by atoms with Gasteiger partial charge in [0.2, 0.25) is 0 Å². The minimum Gasteiger partial charge on any atom is -0.384 e. The van der Waals surface area contributed by atoms with Crippen LogP contribution in [0.5, 0.6) is 0 Å². The van der Waals surface area contributed by atoms with Gasteiger partial charge in [-0.05, 0) is 35.4 Å². The van der Waals surface area contributed by atoms with Crippen LogP contribution in [0, 0.1) is 0 Å². The second-order valence-electron chi connectivity index (χ2n) is 3.51. The summed E-state index contributed by atoms with van der Waals surface area (Å²) in [5.74, 6) is 0. The van der Waals surface area contributed by atoms with Crippen LogP contribution in [0.2, 0.25) is 5.02 Å². The van der Waals surface area contributed by atoms with Crippen LogP contribution in [-0.4, -0.2) is 5.11 Å². The molecule has 0 spiro atoms. The van der Waals surface area contributed by atoms with Crippen molar-refractivity contribution >= 4 is 27.5 Å². The number of halogens is 2. The number of aliphatic hydroxyl groups is 1. The summed E-state index contributed by atoms with van der Waals surface area (Å²) in [6.07, 6.45) is -0.633. The molecular formula is C13H10BrClO. The zero-order valence-electron chi connectivity index (χ0n) is 8.40. The molecule has 0 radical (unpaired) electrons. The van der Waals surface area contributed by atoms with E-state index < -0.39 is 6.10 Å². The zero-order valence-corrected chi connectivity index (χ0v) is 10.7. The molecule has 2 rings (SSSR count). The molecule has 0 heterocycles. The van der Waals surface area contributed by atoms with Crippen LogP contribution in [0.3, 0.4) is 0 Å². The molecule has 1 unspecified atom stereocenters. The molecule has 1 atom stereocenters. The first-order chi connectivity index (χ1) is 7.66. The summed E-state index contributed by atoms with van der Waals surface area (Å²) in [6.45, 7) is 0. The first-order valence-corrected chi connectivity index (χ1v) is 6.03. The Labute approximate surface area is 108 Å². The summed E-state index contributed by atoms with van der Waals surface area (Å²) in [4.78, 5) is 0. The normalized spacial score (nSPS) is 12.4. The average molecular weight is 298 g/mol. The Morgan fingerprint density at radius 2 is 1.69 bits per heavy atom. The Hall–Kier alpha value is -0.830. The van der Waals surface area contributed by atoms with Crippen molar-refractivity contribution in [3.63, 3.8) is 0 Å². The van der Waals surface area contributed by atoms with Crippen molar-refractivity contribution < 1.29 is 5.11 Å². The highest BCUT2D eigenvalue weighted by atomic mass is 79.9. The lowest BCUT2D eigenvalue weighted by molar-refractivity contribution is 0.220. The van der Waals surface area contributed by atoms with E-state index in [4.69, 9.17) is 11.6 Å². The molecule has 2 aromatic carbocycles. The number of aliphatic hydroxyl groups excluding tert-OH is 1. The lowest BCUT2D eigenvalue weighted by Gasteiger charge is -2.11. The Morgan fingerprint density at radius 1 is 1.00 bits per heavy atom. The van der Waals surface area contributed by atoms with Gasteiger partial charge in [0.1, 0.15) is 6.10 Å². The fourth-order valence-electron chi connectivity index (χ4n) is 1.51. The third kappa shape index (κ3) is 2.64. The number of benzene rings is 2. The second kappa shape index (κ2) is 5.00. The van der Waals surface area contributed by atoms with Crippen LogP contribution in [0.1, 0.15) is 17.2 Å². The maximum absolute atomic E-state index is 10.1. The van der Waals surface area contributed by atoms with Crippen molar-refractivity contribution in [3.8, 4) is 0 Å². The summed E-state index contributed by atoms with van der Waals surface area (Å²) in [5.41, 5.74) is 1.65. The van der Waals surface area contributed by atoms with Gasteiger partial charge in [-0.15, -0.1) is 0 Å². The highest BCUT2D eigenvalue weighted by Gasteiger charge is 2.10. The number of hydrogen-bond donors (Lipinski definition) is 1. The van der Waals surface area contributed by atoms with Crippen molar-refractivity contribution in [1.82, 2.24) is 0 Å². The zero-order chi connectivity index (χ0) is 11.5. The summed E-state index contributed by atoms with van der Waals surface area (Å²) >= 11 is 9.24. The van der Waals surface area contributed by atoms with Crippen LogP contribution in [0.15, 0.2) is 53.0 Å². The van der Waals surface area contributed by atoms with Crippen molar-refractivity contribution in [1.29, 1.82) is 0 Å². The highest BCUT2D eigenvalue weighted by Crippen LogP contribution is 2.25. The molecule has 0 aromatic heterocycles. The third-order valence-electron chi connectivity index (χ3n) is 2.35. The predicted molar refractivity (Wildman–Crippen MR) is 69.7 cm³/mol. The minimum atomic E-state index is -0.633. The molecule has 0 aliphatic carbocycles. The van der Waals surface area contributed by atoms with E-state index in [-0.39, 0.29) is 0 Å². The molecule has 0 bridgehead atoms. The third-order valence-corrected chi connectivity index (χ3v) is 3.11. The van der Waals surface area contributed by atoms with Gasteiger partial charge in [0.15, 0.2) is 0 Å². The summed E-state index contributed by atoms with van der Waals surface area (Å²) in [6, 6.07) is 14.8. The largest absolute Gasteiger partial charge is 0.384 e. The first-order valence-electron chi connectivity index (χ1n) is 4.86. The van der Waals surface area contributed by atoms with E-state index in [1.807, 2.05) is 36.4 Å². The molecule has 1 N–H and O–H groups in total. The minimum absolute atomic E-state index is 0.633. The predicted octanol–water partition coefficient (Wildman–Crippen LogP) is 4.18. The van der Waals surface area contributed by atoms with E-state index in [2.05, 4.69) is 15.9 Å². The topological polar surface area (TPSA) is 20.2 Å². The quantitative estimate of drug-likeness (QED) is 0.881. The lowest BCUT2D eigenvalue weighted by Crippen LogP contribution is -1.98. The Kier molecular flexibility index (Phi) is 3.64. The summed E-state index contributed by atoms with van der Waals surface area (Å²) < 4.78 is 0.995. The van der Waals surface area contributed by atoms with E-state index in [0.717, 1.165) is 15.6 Å². The van der Waals surface area contributed by atoms with E-state index in [1.54, 1.807) is 12.1 Å². The molecule has 1 nitrogen and oxygen atoms in total. The molecule has 0 aliphatic heterocycles. The van der Waals surface area contributed by atoms with Crippen molar-refractivity contribution in [2.75, 3.05) is 0 Å². The van der Waals surface area contributed by atoms with Gasteiger partial charge in [-0.3, -0.25) is 0 Å².